The zero-order valence-electron chi connectivity index (χ0n) is 18.4. The summed E-state index contributed by atoms with van der Waals surface area (Å²) >= 11 is 0. The Balaban J connectivity index is 0.000000501. The quantitative estimate of drug-likeness (QED) is 0.516. The lowest BCUT2D eigenvalue weighted by atomic mass is 10.1. The highest BCUT2D eigenvalue weighted by atomic mass is 16.4. The van der Waals surface area contributed by atoms with Gasteiger partial charge in [-0.3, -0.25) is 4.98 Å². The molecule has 0 amide bonds. The molecule has 166 valence electrons. The van der Waals surface area contributed by atoms with Gasteiger partial charge in [0, 0.05) is 48.5 Å². The highest BCUT2D eigenvalue weighted by Crippen LogP contribution is 2.23. The predicted molar refractivity (Wildman–Crippen MR) is 116 cm³/mol. The molecule has 9 nitrogen and oxygen atoms in total. The molecule has 3 heterocycles. The number of pyridine rings is 1. The van der Waals surface area contributed by atoms with Crippen molar-refractivity contribution in [3.05, 3.63) is 65.4 Å². The Bertz CT molecular complexity index is 1010. The van der Waals surface area contributed by atoms with Gasteiger partial charge in [-0.15, -0.1) is 0 Å². The van der Waals surface area contributed by atoms with Gasteiger partial charge in [0.2, 0.25) is 0 Å². The molecular formula is C22H29N5O4. The first-order chi connectivity index (χ1) is 14.6. The second-order valence-electron chi connectivity index (χ2n) is 7.45. The third-order valence-electron chi connectivity index (χ3n) is 4.89. The molecule has 0 aliphatic heterocycles. The molecule has 3 N–H and O–H groups in total. The zero-order chi connectivity index (χ0) is 23.1. The number of nitrogens with one attached hydrogen (secondary N) is 1. The van der Waals surface area contributed by atoms with Gasteiger partial charge < -0.3 is 20.1 Å². The number of hydrogen-bond donors (Lipinski definition) is 3. The first kappa shape index (κ1) is 23.8. The van der Waals surface area contributed by atoms with Crippen molar-refractivity contribution in [1.29, 1.82) is 0 Å². The summed E-state index contributed by atoms with van der Waals surface area (Å²) in [4.78, 5) is 22.3. The number of rotatable bonds is 6. The van der Waals surface area contributed by atoms with Crippen LogP contribution in [0.1, 0.15) is 55.4 Å². The summed E-state index contributed by atoms with van der Waals surface area (Å²) in [6.07, 6.45) is 5.55. The van der Waals surface area contributed by atoms with Gasteiger partial charge in [0.15, 0.2) is 0 Å². The standard InChI is InChI=1S/C20H27N5.C2H2O4/c1-14(2)25-20(8-11-23-25)24-15(3)12-19(17(24)5)13-22-16(4)18-6-9-21-10-7-18;3-1(4)2(5)6/h6-12,14,16,22H,13H2,1-5H3;(H,3,4)(H,5,6). The molecule has 0 aliphatic carbocycles. The van der Waals surface area contributed by atoms with Crippen molar-refractivity contribution in [2.24, 2.45) is 0 Å². The first-order valence-corrected chi connectivity index (χ1v) is 9.94. The maximum absolute atomic E-state index is 9.10. The van der Waals surface area contributed by atoms with Crippen LogP contribution < -0.4 is 5.32 Å². The molecule has 0 aromatic carbocycles. The predicted octanol–water partition coefficient (Wildman–Crippen LogP) is 3.27. The lowest BCUT2D eigenvalue weighted by molar-refractivity contribution is -0.159. The van der Waals surface area contributed by atoms with Gasteiger partial charge in [0.25, 0.3) is 0 Å². The second kappa shape index (κ2) is 10.5. The van der Waals surface area contributed by atoms with Crippen molar-refractivity contribution in [1.82, 2.24) is 24.6 Å². The molecular weight excluding hydrogens is 398 g/mol. The molecule has 0 spiro atoms. The summed E-state index contributed by atoms with van der Waals surface area (Å²) in [5.41, 5.74) is 5.05. The monoisotopic (exact) mass is 427 g/mol. The molecule has 0 aliphatic rings. The van der Waals surface area contributed by atoms with Gasteiger partial charge in [-0.2, -0.15) is 5.10 Å². The highest BCUT2D eigenvalue weighted by Gasteiger charge is 2.16. The Morgan fingerprint density at radius 2 is 1.65 bits per heavy atom. The molecule has 3 rings (SSSR count). The molecule has 0 saturated heterocycles. The Hall–Kier alpha value is -3.46. The smallest absolute Gasteiger partial charge is 0.414 e. The van der Waals surface area contributed by atoms with E-state index < -0.39 is 11.9 Å². The van der Waals surface area contributed by atoms with Crippen LogP contribution >= 0.6 is 0 Å². The summed E-state index contributed by atoms with van der Waals surface area (Å²) < 4.78 is 4.36. The summed E-state index contributed by atoms with van der Waals surface area (Å²) in [5, 5.41) is 22.9. The van der Waals surface area contributed by atoms with Crippen LogP contribution in [-0.2, 0) is 16.1 Å². The van der Waals surface area contributed by atoms with E-state index in [2.05, 4.69) is 83.5 Å². The van der Waals surface area contributed by atoms with Crippen LogP contribution in [-0.4, -0.2) is 41.5 Å². The largest absolute Gasteiger partial charge is 0.473 e. The van der Waals surface area contributed by atoms with Crippen LogP contribution in [0.15, 0.2) is 42.9 Å². The van der Waals surface area contributed by atoms with Gasteiger partial charge in [0.05, 0.1) is 6.20 Å². The van der Waals surface area contributed by atoms with Crippen LogP contribution in [0.2, 0.25) is 0 Å². The van der Waals surface area contributed by atoms with E-state index in [0.29, 0.717) is 6.04 Å². The van der Waals surface area contributed by atoms with Crippen molar-refractivity contribution in [3.8, 4) is 5.82 Å². The summed E-state index contributed by atoms with van der Waals surface area (Å²) in [5.74, 6) is -2.52. The molecule has 31 heavy (non-hydrogen) atoms. The number of carboxylic acid groups (broad SMARTS) is 2. The van der Waals surface area contributed by atoms with Gasteiger partial charge in [-0.1, -0.05) is 0 Å². The Morgan fingerprint density at radius 3 is 2.19 bits per heavy atom. The molecule has 1 atom stereocenters. The van der Waals surface area contributed by atoms with E-state index in [1.165, 1.54) is 22.5 Å². The van der Waals surface area contributed by atoms with Gasteiger partial charge >= 0.3 is 11.9 Å². The minimum Gasteiger partial charge on any atom is -0.473 e. The van der Waals surface area contributed by atoms with Gasteiger partial charge in [-0.05, 0) is 63.9 Å². The van der Waals surface area contributed by atoms with Crippen LogP contribution in [0.5, 0.6) is 0 Å². The molecule has 9 heteroatoms. The maximum atomic E-state index is 9.10. The average molecular weight is 428 g/mol. The number of nitrogens with zero attached hydrogens (tertiary/aromatic N) is 4. The number of aliphatic carboxylic acids is 2. The summed E-state index contributed by atoms with van der Waals surface area (Å²) in [6.45, 7) is 11.7. The average Bonchev–Trinajstić information content (AvgIpc) is 3.31. The normalized spacial score (nSPS) is 11.7. The van der Waals surface area contributed by atoms with Gasteiger partial charge in [0.1, 0.15) is 5.82 Å². The number of carbonyl (C=O) groups is 2. The van der Waals surface area contributed by atoms with Crippen molar-refractivity contribution in [2.75, 3.05) is 0 Å². The molecule has 0 bridgehead atoms. The third-order valence-corrected chi connectivity index (χ3v) is 4.89. The van der Waals surface area contributed by atoms with Crippen LogP contribution in [0.25, 0.3) is 5.82 Å². The maximum Gasteiger partial charge on any atom is 0.414 e. The lowest BCUT2D eigenvalue weighted by Gasteiger charge is -2.16. The number of aryl methyl sites for hydroxylation is 1. The number of carboxylic acids is 2. The van der Waals surface area contributed by atoms with Crippen LogP contribution in [0.3, 0.4) is 0 Å². The minimum atomic E-state index is -1.82. The number of hydrogen-bond acceptors (Lipinski definition) is 5. The first-order valence-electron chi connectivity index (χ1n) is 9.94. The highest BCUT2D eigenvalue weighted by molar-refractivity contribution is 6.27. The fourth-order valence-corrected chi connectivity index (χ4v) is 3.28. The van der Waals surface area contributed by atoms with E-state index in [9.17, 15) is 0 Å². The van der Waals surface area contributed by atoms with E-state index >= 15 is 0 Å². The van der Waals surface area contributed by atoms with Gasteiger partial charge in [-0.25, -0.2) is 14.3 Å². The molecule has 0 saturated carbocycles. The van der Waals surface area contributed by atoms with E-state index in [1.54, 1.807) is 0 Å². The van der Waals surface area contributed by atoms with Crippen LogP contribution in [0.4, 0.5) is 0 Å². The molecule has 0 fully saturated rings. The Labute approximate surface area is 181 Å². The van der Waals surface area contributed by atoms with E-state index in [0.717, 1.165) is 12.4 Å². The molecule has 3 aromatic rings. The fraction of sp³-hybridized carbons (Fsp3) is 0.364. The second-order valence-corrected chi connectivity index (χ2v) is 7.45. The topological polar surface area (TPSA) is 122 Å². The third kappa shape index (κ3) is 6.02. The van der Waals surface area contributed by atoms with Crippen molar-refractivity contribution < 1.29 is 19.8 Å². The van der Waals surface area contributed by atoms with Crippen LogP contribution in [0, 0.1) is 13.8 Å². The fourth-order valence-electron chi connectivity index (χ4n) is 3.28. The molecule has 3 aromatic heterocycles. The van der Waals surface area contributed by atoms with E-state index in [4.69, 9.17) is 19.8 Å². The van der Waals surface area contributed by atoms with Crippen molar-refractivity contribution in [2.45, 2.75) is 53.2 Å². The Morgan fingerprint density at radius 1 is 1.03 bits per heavy atom. The Kier molecular flexibility index (Phi) is 8.09. The zero-order valence-corrected chi connectivity index (χ0v) is 18.4. The summed E-state index contributed by atoms with van der Waals surface area (Å²) in [6, 6.07) is 9.08. The molecule has 1 unspecified atom stereocenters. The summed E-state index contributed by atoms with van der Waals surface area (Å²) in [7, 11) is 0. The minimum absolute atomic E-state index is 0.284. The lowest BCUT2D eigenvalue weighted by Crippen LogP contribution is -2.18. The van der Waals surface area contributed by atoms with E-state index in [-0.39, 0.29) is 6.04 Å². The van der Waals surface area contributed by atoms with E-state index in [1.807, 2.05) is 18.6 Å². The molecule has 0 radical (unpaired) electrons. The number of aromatic nitrogens is 4. The van der Waals surface area contributed by atoms with Crippen molar-refractivity contribution >= 4 is 11.9 Å². The SMILES string of the molecule is Cc1cc(CNC(C)c2ccncc2)c(C)n1-c1ccnn1C(C)C.O=C(O)C(=O)O. The van der Waals surface area contributed by atoms with Crippen molar-refractivity contribution in [3.63, 3.8) is 0 Å².